The molecule has 0 fully saturated rings. The van der Waals surface area contributed by atoms with E-state index in [1.807, 2.05) is 11.3 Å². The van der Waals surface area contributed by atoms with E-state index in [2.05, 4.69) is 16.0 Å². The maximum Gasteiger partial charge on any atom is 0.115 e. The summed E-state index contributed by atoms with van der Waals surface area (Å²) < 4.78 is 0. The van der Waals surface area contributed by atoms with Gasteiger partial charge in [-0.2, -0.15) is 0 Å². The lowest BCUT2D eigenvalue weighted by molar-refractivity contribution is 0.696. The largest absolute Gasteiger partial charge is 0.320 e. The predicted molar refractivity (Wildman–Crippen MR) is 69.0 cm³/mol. The van der Waals surface area contributed by atoms with Crippen LogP contribution in [0, 0.1) is 0 Å². The summed E-state index contributed by atoms with van der Waals surface area (Å²) >= 11 is 1.86. The van der Waals surface area contributed by atoms with Gasteiger partial charge in [-0.1, -0.05) is 0 Å². The molecule has 0 spiro atoms. The van der Waals surface area contributed by atoms with Crippen LogP contribution in [0.1, 0.15) is 39.8 Å². The lowest BCUT2D eigenvalue weighted by Gasteiger charge is -2.08. The predicted octanol–water partition coefficient (Wildman–Crippen LogP) is 2.47. The SMILES string of the molecule is NC(c1cncnc1)c1cc2c(s1)CCCC2. The number of nitrogens with zero attached hydrogens (tertiary/aromatic N) is 2. The number of aryl methyl sites for hydroxylation is 2. The Balaban J connectivity index is 1.91. The van der Waals surface area contributed by atoms with E-state index in [0.717, 1.165) is 5.56 Å². The molecule has 2 heterocycles. The summed E-state index contributed by atoms with van der Waals surface area (Å²) in [6.07, 6.45) is 10.2. The van der Waals surface area contributed by atoms with Crippen molar-refractivity contribution in [3.05, 3.63) is 45.7 Å². The van der Waals surface area contributed by atoms with E-state index in [4.69, 9.17) is 5.73 Å². The summed E-state index contributed by atoms with van der Waals surface area (Å²) in [5.41, 5.74) is 8.75. The molecule has 3 rings (SSSR count). The van der Waals surface area contributed by atoms with Crippen LogP contribution in [-0.2, 0) is 12.8 Å². The first kappa shape index (κ1) is 10.9. The van der Waals surface area contributed by atoms with Crippen LogP contribution < -0.4 is 5.73 Å². The van der Waals surface area contributed by atoms with E-state index >= 15 is 0 Å². The minimum Gasteiger partial charge on any atom is -0.320 e. The molecule has 1 atom stereocenters. The van der Waals surface area contributed by atoms with Crippen LogP contribution in [-0.4, -0.2) is 9.97 Å². The molecule has 0 saturated carbocycles. The Morgan fingerprint density at radius 3 is 2.71 bits per heavy atom. The van der Waals surface area contributed by atoms with Gasteiger partial charge in [0, 0.05) is 27.7 Å². The normalized spacial score (nSPS) is 16.5. The Kier molecular flexibility index (Phi) is 2.91. The summed E-state index contributed by atoms with van der Waals surface area (Å²) in [5.74, 6) is 0. The van der Waals surface area contributed by atoms with Gasteiger partial charge in [-0.05, 0) is 37.3 Å². The summed E-state index contributed by atoms with van der Waals surface area (Å²) in [4.78, 5) is 10.8. The second-order valence-corrected chi connectivity index (χ2v) is 5.62. The van der Waals surface area contributed by atoms with Gasteiger partial charge in [0.15, 0.2) is 0 Å². The highest BCUT2D eigenvalue weighted by Gasteiger charge is 2.18. The zero-order chi connectivity index (χ0) is 11.7. The van der Waals surface area contributed by atoms with Crippen molar-refractivity contribution in [2.75, 3.05) is 0 Å². The topological polar surface area (TPSA) is 51.8 Å². The second-order valence-electron chi connectivity index (χ2n) is 4.45. The van der Waals surface area contributed by atoms with E-state index in [1.165, 1.54) is 47.3 Å². The first-order chi connectivity index (χ1) is 8.34. The second kappa shape index (κ2) is 4.55. The third kappa shape index (κ3) is 2.10. The van der Waals surface area contributed by atoms with E-state index in [-0.39, 0.29) is 6.04 Å². The lowest BCUT2D eigenvalue weighted by Crippen LogP contribution is -2.10. The van der Waals surface area contributed by atoms with Crippen LogP contribution in [0.4, 0.5) is 0 Å². The molecule has 2 aromatic rings. The van der Waals surface area contributed by atoms with Gasteiger partial charge >= 0.3 is 0 Å². The molecule has 1 aliphatic carbocycles. The number of nitrogens with two attached hydrogens (primary N) is 1. The van der Waals surface area contributed by atoms with Crippen molar-refractivity contribution in [2.45, 2.75) is 31.7 Å². The van der Waals surface area contributed by atoms with Gasteiger partial charge in [0.25, 0.3) is 0 Å². The molecular formula is C13H15N3S. The molecular weight excluding hydrogens is 230 g/mol. The van der Waals surface area contributed by atoms with Crippen molar-refractivity contribution in [1.82, 2.24) is 9.97 Å². The molecule has 17 heavy (non-hydrogen) atoms. The minimum absolute atomic E-state index is 0.0770. The number of hydrogen-bond acceptors (Lipinski definition) is 4. The molecule has 0 aromatic carbocycles. The first-order valence-electron chi connectivity index (χ1n) is 5.96. The fourth-order valence-electron chi connectivity index (χ4n) is 2.30. The van der Waals surface area contributed by atoms with Crippen LogP contribution in [0.25, 0.3) is 0 Å². The zero-order valence-corrected chi connectivity index (χ0v) is 10.4. The van der Waals surface area contributed by atoms with Gasteiger partial charge in [0.2, 0.25) is 0 Å². The molecule has 88 valence electrons. The van der Waals surface area contributed by atoms with E-state index in [1.54, 1.807) is 12.4 Å². The Morgan fingerprint density at radius 2 is 1.94 bits per heavy atom. The van der Waals surface area contributed by atoms with Gasteiger partial charge in [-0.15, -0.1) is 11.3 Å². The lowest BCUT2D eigenvalue weighted by atomic mass is 9.98. The number of hydrogen-bond donors (Lipinski definition) is 1. The smallest absolute Gasteiger partial charge is 0.115 e. The number of thiophene rings is 1. The Morgan fingerprint density at radius 1 is 1.18 bits per heavy atom. The molecule has 0 saturated heterocycles. The molecule has 0 bridgehead atoms. The fraction of sp³-hybridized carbons (Fsp3) is 0.385. The molecule has 3 nitrogen and oxygen atoms in total. The van der Waals surface area contributed by atoms with Crippen molar-refractivity contribution in [3.63, 3.8) is 0 Å². The van der Waals surface area contributed by atoms with Gasteiger partial charge < -0.3 is 5.73 Å². The van der Waals surface area contributed by atoms with Gasteiger partial charge in [-0.25, -0.2) is 9.97 Å². The van der Waals surface area contributed by atoms with E-state index in [0.29, 0.717) is 0 Å². The fourth-order valence-corrected chi connectivity index (χ4v) is 3.59. The summed E-state index contributed by atoms with van der Waals surface area (Å²) in [7, 11) is 0. The molecule has 4 heteroatoms. The molecule has 1 aliphatic rings. The highest BCUT2D eigenvalue weighted by Crippen LogP contribution is 2.33. The van der Waals surface area contributed by atoms with Crippen molar-refractivity contribution < 1.29 is 0 Å². The van der Waals surface area contributed by atoms with Crippen LogP contribution in [0.3, 0.4) is 0 Å². The maximum absolute atomic E-state index is 6.26. The third-order valence-electron chi connectivity index (χ3n) is 3.26. The van der Waals surface area contributed by atoms with Gasteiger partial charge in [0.05, 0.1) is 6.04 Å². The zero-order valence-electron chi connectivity index (χ0n) is 9.60. The highest BCUT2D eigenvalue weighted by molar-refractivity contribution is 7.12. The van der Waals surface area contributed by atoms with E-state index in [9.17, 15) is 0 Å². The average molecular weight is 245 g/mol. The molecule has 0 radical (unpaired) electrons. The standard InChI is InChI=1S/C13H15N3S/c14-13(10-6-15-8-16-7-10)12-5-9-3-1-2-4-11(9)17-12/h5-8,13H,1-4,14H2. The van der Waals surface area contributed by atoms with Crippen LogP contribution in [0.5, 0.6) is 0 Å². The van der Waals surface area contributed by atoms with Crippen LogP contribution in [0.15, 0.2) is 24.8 Å². The van der Waals surface area contributed by atoms with Crippen molar-refractivity contribution in [3.8, 4) is 0 Å². The van der Waals surface area contributed by atoms with Crippen molar-refractivity contribution in [2.24, 2.45) is 5.73 Å². The molecule has 2 N–H and O–H groups in total. The Labute approximate surface area is 105 Å². The molecule has 0 aliphatic heterocycles. The van der Waals surface area contributed by atoms with Crippen molar-refractivity contribution in [1.29, 1.82) is 0 Å². The summed E-state index contributed by atoms with van der Waals surface area (Å²) in [6.45, 7) is 0. The van der Waals surface area contributed by atoms with Gasteiger partial charge in [0.1, 0.15) is 6.33 Å². The summed E-state index contributed by atoms with van der Waals surface area (Å²) in [5, 5.41) is 0. The average Bonchev–Trinajstić information content (AvgIpc) is 2.82. The Bertz CT molecular complexity index is 483. The quantitative estimate of drug-likeness (QED) is 0.884. The molecule has 0 amide bonds. The maximum atomic E-state index is 6.26. The van der Waals surface area contributed by atoms with E-state index < -0.39 is 0 Å². The van der Waals surface area contributed by atoms with Gasteiger partial charge in [-0.3, -0.25) is 0 Å². The third-order valence-corrected chi connectivity index (χ3v) is 4.58. The summed E-state index contributed by atoms with van der Waals surface area (Å²) in [6, 6.07) is 2.20. The highest BCUT2D eigenvalue weighted by atomic mass is 32.1. The molecule has 1 unspecified atom stereocenters. The number of aromatic nitrogens is 2. The molecule has 2 aromatic heterocycles. The monoisotopic (exact) mass is 245 g/mol. The number of fused-ring (bicyclic) bond motifs is 1. The first-order valence-corrected chi connectivity index (χ1v) is 6.78. The van der Waals surface area contributed by atoms with Crippen LogP contribution in [0.2, 0.25) is 0 Å². The number of rotatable bonds is 2. The minimum atomic E-state index is -0.0770. The van der Waals surface area contributed by atoms with Crippen LogP contribution >= 0.6 is 11.3 Å². The Hall–Kier alpha value is -1.26. The van der Waals surface area contributed by atoms with Crippen molar-refractivity contribution >= 4 is 11.3 Å².